The Morgan fingerprint density at radius 1 is 1.05 bits per heavy atom. The predicted octanol–water partition coefficient (Wildman–Crippen LogP) is 5.23. The van der Waals surface area contributed by atoms with Gasteiger partial charge in [-0.15, -0.1) is 0 Å². The number of nitrogens with zero attached hydrogens (tertiary/aromatic N) is 5. The van der Waals surface area contributed by atoms with Gasteiger partial charge in [0.1, 0.15) is 23.1 Å². The van der Waals surface area contributed by atoms with Crippen molar-refractivity contribution < 1.29 is 9.53 Å². The van der Waals surface area contributed by atoms with Gasteiger partial charge in [0.2, 0.25) is 0 Å². The van der Waals surface area contributed by atoms with Gasteiger partial charge in [-0.2, -0.15) is 0 Å². The highest BCUT2D eigenvalue weighted by atomic mass is 16.5. The smallest absolute Gasteiger partial charge is 0.270 e. The van der Waals surface area contributed by atoms with Crippen LogP contribution in [0.15, 0.2) is 48.5 Å². The van der Waals surface area contributed by atoms with E-state index in [0.717, 1.165) is 43.2 Å². The summed E-state index contributed by atoms with van der Waals surface area (Å²) in [4.78, 5) is 29.7. The van der Waals surface area contributed by atoms with Crippen molar-refractivity contribution in [3.63, 3.8) is 0 Å². The first-order valence-corrected chi connectivity index (χ1v) is 15.1. The third kappa shape index (κ3) is 8.45. The number of hydrogen-bond acceptors (Lipinski definition) is 8. The van der Waals surface area contributed by atoms with Gasteiger partial charge < -0.3 is 25.2 Å². The van der Waals surface area contributed by atoms with E-state index < -0.39 is 0 Å². The lowest BCUT2D eigenvalue weighted by atomic mass is 9.86. The van der Waals surface area contributed by atoms with Gasteiger partial charge in [-0.1, -0.05) is 32.9 Å². The van der Waals surface area contributed by atoms with Crippen LogP contribution in [0.25, 0.3) is 0 Å². The lowest BCUT2D eigenvalue weighted by Gasteiger charge is -2.48. The van der Waals surface area contributed by atoms with E-state index >= 15 is 0 Å². The average Bonchev–Trinajstić information content (AvgIpc) is 2.93. The van der Waals surface area contributed by atoms with E-state index in [1.807, 2.05) is 31.1 Å². The van der Waals surface area contributed by atoms with Crippen LogP contribution in [-0.2, 0) is 12.0 Å². The molecule has 1 aliphatic rings. The number of amides is 1. The number of likely N-dealkylation sites (N-methyl/N-ethyl adjacent to an activating group) is 1. The van der Waals surface area contributed by atoms with Crippen LogP contribution in [0.3, 0.4) is 0 Å². The van der Waals surface area contributed by atoms with Gasteiger partial charge in [0.15, 0.2) is 0 Å². The minimum atomic E-state index is -0.196. The molecule has 0 bridgehead atoms. The van der Waals surface area contributed by atoms with Gasteiger partial charge in [-0.05, 0) is 81.7 Å². The summed E-state index contributed by atoms with van der Waals surface area (Å²) in [5.41, 5.74) is 4.77. The van der Waals surface area contributed by atoms with E-state index in [2.05, 4.69) is 92.3 Å². The van der Waals surface area contributed by atoms with Crippen molar-refractivity contribution >= 4 is 23.1 Å². The zero-order valence-corrected chi connectivity index (χ0v) is 27.4. The van der Waals surface area contributed by atoms with Crippen LogP contribution in [0.2, 0.25) is 0 Å². The fourth-order valence-electron chi connectivity index (χ4n) is 5.42. The third-order valence-corrected chi connectivity index (χ3v) is 7.95. The molecule has 0 unspecified atom stereocenters. The minimum Gasteiger partial charge on any atom is -0.497 e. The summed E-state index contributed by atoms with van der Waals surface area (Å²) in [6, 6.07) is 16.5. The molecule has 1 fully saturated rings. The highest BCUT2D eigenvalue weighted by Crippen LogP contribution is 2.31. The van der Waals surface area contributed by atoms with Crippen molar-refractivity contribution in [1.29, 1.82) is 0 Å². The number of methoxy groups -OCH3 is 1. The number of ether oxygens (including phenoxy) is 1. The predicted molar refractivity (Wildman–Crippen MR) is 176 cm³/mol. The van der Waals surface area contributed by atoms with E-state index in [9.17, 15) is 4.79 Å². The number of benzene rings is 2. The van der Waals surface area contributed by atoms with Crippen LogP contribution in [0, 0.1) is 6.92 Å². The van der Waals surface area contributed by atoms with Gasteiger partial charge in [0.05, 0.1) is 13.7 Å². The van der Waals surface area contributed by atoms with E-state index in [0.29, 0.717) is 30.4 Å². The largest absolute Gasteiger partial charge is 0.497 e. The first-order chi connectivity index (χ1) is 20.2. The van der Waals surface area contributed by atoms with E-state index in [4.69, 9.17) is 14.7 Å². The second-order valence-electron chi connectivity index (χ2n) is 13.4. The number of carbonyl (C=O) groups excluding carboxylic acids is 1. The van der Waals surface area contributed by atoms with Crippen LogP contribution in [0.1, 0.15) is 62.1 Å². The lowest BCUT2D eigenvalue weighted by molar-refractivity contribution is 0.0945. The van der Waals surface area contributed by atoms with Crippen LogP contribution < -0.4 is 20.3 Å². The lowest BCUT2D eigenvalue weighted by Crippen LogP contribution is -2.59. The molecule has 9 nitrogen and oxygen atoms in total. The van der Waals surface area contributed by atoms with Crippen molar-refractivity contribution in [2.24, 2.45) is 0 Å². The van der Waals surface area contributed by atoms with Gasteiger partial charge in [0.25, 0.3) is 5.91 Å². The summed E-state index contributed by atoms with van der Waals surface area (Å²) in [5.74, 6) is 1.90. The zero-order valence-electron chi connectivity index (χ0n) is 27.4. The van der Waals surface area contributed by atoms with Crippen LogP contribution in [0.5, 0.6) is 5.75 Å². The number of nitrogens with one attached hydrogen (secondary N) is 2. The zero-order chi connectivity index (χ0) is 31.4. The third-order valence-electron chi connectivity index (χ3n) is 7.95. The van der Waals surface area contributed by atoms with Gasteiger partial charge in [-0.25, -0.2) is 9.97 Å². The number of piperazine rings is 1. The van der Waals surface area contributed by atoms with Crippen molar-refractivity contribution in [3.8, 4) is 5.75 Å². The monoisotopic (exact) mass is 587 g/mol. The second kappa shape index (κ2) is 13.3. The van der Waals surface area contributed by atoms with Crippen molar-refractivity contribution in [2.45, 2.75) is 59.0 Å². The summed E-state index contributed by atoms with van der Waals surface area (Å²) in [6.07, 6.45) is 0. The summed E-state index contributed by atoms with van der Waals surface area (Å²) in [6.45, 7) is 17.6. The maximum absolute atomic E-state index is 13.2. The summed E-state index contributed by atoms with van der Waals surface area (Å²) in [7, 11) is 5.66. The summed E-state index contributed by atoms with van der Waals surface area (Å²) in [5, 5.41) is 6.52. The number of carbonyl (C=O) groups is 1. The molecule has 4 rings (SSSR count). The summed E-state index contributed by atoms with van der Waals surface area (Å²) >= 11 is 0. The van der Waals surface area contributed by atoms with E-state index in [-0.39, 0.29) is 16.9 Å². The van der Waals surface area contributed by atoms with Crippen LogP contribution >= 0.6 is 0 Å². The fourth-order valence-corrected chi connectivity index (χ4v) is 5.42. The average molecular weight is 588 g/mol. The Bertz CT molecular complexity index is 1400. The molecule has 9 heteroatoms. The molecule has 0 atom stereocenters. The van der Waals surface area contributed by atoms with Crippen molar-refractivity contribution in [2.75, 3.05) is 64.1 Å². The number of rotatable bonds is 10. The standard InChI is InChI=1S/C34H49N7O2/c1-24-10-11-25(33(2,3)4)20-28(24)36-30-21-29(32(42)35-16-17-39(7)8)37-31(38-30)22-40-18-19-41(34(5,6)23-40)26-12-14-27(43-9)15-13-26/h10-15,20-21H,16-19,22-23H2,1-9H3,(H,35,42)(H,36,37,38). The topological polar surface area (TPSA) is 85.9 Å². The molecule has 3 aromatic rings. The first kappa shape index (κ1) is 32.2. The quantitative estimate of drug-likeness (QED) is 0.334. The molecule has 1 saturated heterocycles. The Hall–Kier alpha value is -3.69. The van der Waals surface area contributed by atoms with Crippen molar-refractivity contribution in [3.05, 3.63) is 71.2 Å². The molecule has 0 spiro atoms. The van der Waals surface area contributed by atoms with Crippen LogP contribution in [0.4, 0.5) is 17.2 Å². The molecule has 43 heavy (non-hydrogen) atoms. The maximum atomic E-state index is 13.2. The number of hydrogen-bond donors (Lipinski definition) is 2. The Morgan fingerprint density at radius 3 is 2.40 bits per heavy atom. The summed E-state index contributed by atoms with van der Waals surface area (Å²) < 4.78 is 5.35. The molecule has 0 aliphatic carbocycles. The molecule has 0 saturated carbocycles. The molecule has 1 amide bonds. The minimum absolute atomic E-state index is 0.0131. The first-order valence-electron chi connectivity index (χ1n) is 15.1. The molecular weight excluding hydrogens is 538 g/mol. The van der Waals surface area contributed by atoms with Gasteiger partial charge in [-0.3, -0.25) is 9.69 Å². The van der Waals surface area contributed by atoms with E-state index in [1.54, 1.807) is 13.2 Å². The SMILES string of the molecule is COc1ccc(N2CCN(Cc3nc(Nc4cc(C(C)(C)C)ccc4C)cc(C(=O)NCCN(C)C)n3)CC2(C)C)cc1. The Labute approximate surface area is 257 Å². The molecular formula is C34H49N7O2. The molecule has 0 radical (unpaired) electrons. The molecule has 1 aliphatic heterocycles. The number of anilines is 3. The van der Waals surface area contributed by atoms with Crippen LogP contribution in [-0.4, -0.2) is 85.1 Å². The maximum Gasteiger partial charge on any atom is 0.270 e. The normalized spacial score (nSPS) is 15.4. The second-order valence-corrected chi connectivity index (χ2v) is 13.4. The highest BCUT2D eigenvalue weighted by molar-refractivity contribution is 5.93. The Morgan fingerprint density at radius 2 is 1.77 bits per heavy atom. The molecule has 232 valence electrons. The van der Waals surface area contributed by atoms with Gasteiger partial charge in [0, 0.05) is 55.7 Å². The van der Waals surface area contributed by atoms with E-state index in [1.165, 1.54) is 11.3 Å². The molecule has 2 aromatic carbocycles. The highest BCUT2D eigenvalue weighted by Gasteiger charge is 2.34. The number of aryl methyl sites for hydroxylation is 1. The van der Waals surface area contributed by atoms with Crippen molar-refractivity contribution in [1.82, 2.24) is 25.1 Å². The fraction of sp³-hybridized carbons (Fsp3) is 0.500. The Balaban J connectivity index is 1.57. The van der Waals surface area contributed by atoms with Gasteiger partial charge >= 0.3 is 0 Å². The Kier molecular flexibility index (Phi) is 9.97. The molecule has 2 heterocycles. The molecule has 1 aromatic heterocycles. The number of aromatic nitrogens is 2. The molecule has 2 N–H and O–H groups in total.